The van der Waals surface area contributed by atoms with Crippen molar-refractivity contribution in [2.45, 2.75) is 10.1 Å². The van der Waals surface area contributed by atoms with Gasteiger partial charge in [-0.25, -0.2) is 9.97 Å². The summed E-state index contributed by atoms with van der Waals surface area (Å²) < 4.78 is 7.70. The Balaban J connectivity index is 1.11. The summed E-state index contributed by atoms with van der Waals surface area (Å²) >= 11 is 3.33. The summed E-state index contributed by atoms with van der Waals surface area (Å²) in [7, 11) is 0. The fourth-order valence-corrected chi connectivity index (χ4v) is 5.18. The number of carbonyl (C=O) groups excluding carboxylic acids is 2. The van der Waals surface area contributed by atoms with Gasteiger partial charge in [0, 0.05) is 23.5 Å². The average molecular weight is 487 g/mol. The minimum Gasteiger partial charge on any atom is -0.437 e. The predicted octanol–water partition coefficient (Wildman–Crippen LogP) is 5.20. The van der Waals surface area contributed by atoms with Gasteiger partial charge in [-0.2, -0.15) is 0 Å². The van der Waals surface area contributed by atoms with E-state index in [1.54, 1.807) is 41.3 Å². The van der Waals surface area contributed by atoms with Crippen molar-refractivity contribution in [1.82, 2.24) is 20.8 Å². The van der Waals surface area contributed by atoms with E-state index in [0.29, 0.717) is 22.6 Å². The van der Waals surface area contributed by atoms with Crippen LogP contribution < -0.4 is 10.9 Å². The smallest absolute Gasteiger partial charge is 0.269 e. The summed E-state index contributed by atoms with van der Waals surface area (Å²) in [6.07, 6.45) is 2.69. The molecule has 2 N–H and O–H groups in total. The maximum atomic E-state index is 12.3. The van der Waals surface area contributed by atoms with Gasteiger partial charge in [0.2, 0.25) is 5.89 Å². The lowest BCUT2D eigenvalue weighted by molar-refractivity contribution is -0.117. The number of hydrogen-bond acceptors (Lipinski definition) is 7. The standard InChI is InChI=1S/C25H18N4O3S2/c30-22(13-14-23-26-18-5-1-3-7-20(18)32-23)28-29-24(31)17-11-9-16(10-12-17)15-33-25-27-19-6-2-4-8-21(19)34-25/h1-14H,15H2,(H,28,30)(H,29,31)/b14-13+. The largest absolute Gasteiger partial charge is 0.437 e. The van der Waals surface area contributed by atoms with Crippen LogP contribution >= 0.6 is 23.1 Å². The van der Waals surface area contributed by atoms with Gasteiger partial charge in [-0.15, -0.1) is 11.3 Å². The van der Waals surface area contributed by atoms with E-state index in [0.717, 1.165) is 21.2 Å². The highest BCUT2D eigenvalue weighted by atomic mass is 32.2. The second kappa shape index (κ2) is 9.90. The molecule has 7 nitrogen and oxygen atoms in total. The number of nitrogens with one attached hydrogen (secondary N) is 2. The van der Waals surface area contributed by atoms with Crippen LogP contribution in [-0.2, 0) is 10.5 Å². The molecule has 0 atom stereocenters. The van der Waals surface area contributed by atoms with Gasteiger partial charge in [0.15, 0.2) is 9.92 Å². The molecule has 9 heteroatoms. The molecule has 0 radical (unpaired) electrons. The first-order valence-corrected chi connectivity index (χ1v) is 12.2. The van der Waals surface area contributed by atoms with Crippen molar-refractivity contribution in [3.8, 4) is 0 Å². The van der Waals surface area contributed by atoms with Gasteiger partial charge in [0.1, 0.15) is 5.52 Å². The highest BCUT2D eigenvalue weighted by molar-refractivity contribution is 8.00. The maximum Gasteiger partial charge on any atom is 0.269 e. The van der Waals surface area contributed by atoms with Gasteiger partial charge in [-0.05, 0) is 42.0 Å². The second-order valence-electron chi connectivity index (χ2n) is 7.23. The van der Waals surface area contributed by atoms with E-state index in [-0.39, 0.29) is 0 Å². The minimum atomic E-state index is -0.500. The van der Waals surface area contributed by atoms with Gasteiger partial charge in [0.25, 0.3) is 11.8 Å². The highest BCUT2D eigenvalue weighted by Gasteiger charge is 2.08. The van der Waals surface area contributed by atoms with Crippen LogP contribution in [0.2, 0.25) is 0 Å². The molecule has 34 heavy (non-hydrogen) atoms. The molecule has 0 fully saturated rings. The van der Waals surface area contributed by atoms with E-state index in [1.165, 1.54) is 16.9 Å². The summed E-state index contributed by atoms with van der Waals surface area (Å²) in [4.78, 5) is 33.2. The Kier molecular flexibility index (Phi) is 6.37. The number of hydrogen-bond donors (Lipinski definition) is 2. The van der Waals surface area contributed by atoms with Crippen LogP contribution in [0.4, 0.5) is 0 Å². The zero-order valence-corrected chi connectivity index (χ0v) is 19.4. The summed E-state index contributed by atoms with van der Waals surface area (Å²) in [6.45, 7) is 0. The van der Waals surface area contributed by atoms with Gasteiger partial charge in [-0.1, -0.05) is 48.2 Å². The number of amides is 2. The second-order valence-corrected chi connectivity index (χ2v) is 9.48. The average Bonchev–Trinajstić information content (AvgIpc) is 3.48. The number of oxazole rings is 1. The van der Waals surface area contributed by atoms with Crippen LogP contribution in [0, 0.1) is 0 Å². The zero-order chi connectivity index (χ0) is 23.3. The van der Waals surface area contributed by atoms with Crippen LogP contribution in [-0.4, -0.2) is 21.8 Å². The molecule has 2 heterocycles. The molecule has 5 aromatic rings. The summed E-state index contributed by atoms with van der Waals surface area (Å²) in [6, 6.07) is 22.6. The number of hydrazine groups is 1. The SMILES string of the molecule is O=C(/C=C/c1nc2ccccc2o1)NNC(=O)c1ccc(CSc2nc3ccccc3s2)cc1. The number of fused-ring (bicyclic) bond motifs is 2. The number of para-hydroxylation sites is 3. The highest BCUT2D eigenvalue weighted by Crippen LogP contribution is 2.31. The number of thioether (sulfide) groups is 1. The number of carbonyl (C=O) groups is 2. The summed E-state index contributed by atoms with van der Waals surface area (Å²) in [5.41, 5.74) is 8.62. The van der Waals surface area contributed by atoms with E-state index in [9.17, 15) is 9.59 Å². The van der Waals surface area contributed by atoms with Crippen LogP contribution in [0.15, 0.2) is 87.6 Å². The third kappa shape index (κ3) is 5.16. The Bertz CT molecular complexity index is 1440. The van der Waals surface area contributed by atoms with Crippen LogP contribution in [0.5, 0.6) is 0 Å². The third-order valence-electron chi connectivity index (χ3n) is 4.84. The number of thiazole rings is 1. The predicted molar refractivity (Wildman–Crippen MR) is 134 cm³/mol. The van der Waals surface area contributed by atoms with E-state index in [4.69, 9.17) is 4.42 Å². The van der Waals surface area contributed by atoms with E-state index in [2.05, 4.69) is 26.9 Å². The van der Waals surface area contributed by atoms with Crippen molar-refractivity contribution in [1.29, 1.82) is 0 Å². The van der Waals surface area contributed by atoms with Gasteiger partial charge in [-0.3, -0.25) is 20.4 Å². The number of aromatic nitrogens is 2. The topological polar surface area (TPSA) is 97.1 Å². The van der Waals surface area contributed by atoms with Crippen molar-refractivity contribution in [3.05, 3.63) is 95.9 Å². The molecular formula is C25H18N4O3S2. The number of rotatable bonds is 6. The van der Waals surface area contributed by atoms with Crippen LogP contribution in [0.3, 0.4) is 0 Å². The molecule has 0 aliphatic heterocycles. The van der Waals surface area contributed by atoms with Crippen molar-refractivity contribution in [3.63, 3.8) is 0 Å². The molecule has 5 rings (SSSR count). The van der Waals surface area contributed by atoms with E-state index >= 15 is 0 Å². The molecule has 2 amide bonds. The molecule has 0 unspecified atom stereocenters. The van der Waals surface area contributed by atoms with Crippen molar-refractivity contribution in [2.24, 2.45) is 0 Å². The van der Waals surface area contributed by atoms with Gasteiger partial charge < -0.3 is 4.42 Å². The van der Waals surface area contributed by atoms with E-state index < -0.39 is 11.8 Å². The van der Waals surface area contributed by atoms with Crippen molar-refractivity contribution in [2.75, 3.05) is 0 Å². The first kappa shape index (κ1) is 21.9. The molecule has 0 saturated heterocycles. The lowest BCUT2D eigenvalue weighted by Crippen LogP contribution is -2.40. The molecule has 2 aromatic heterocycles. The van der Waals surface area contributed by atoms with Crippen molar-refractivity contribution >= 4 is 62.3 Å². The molecule has 0 spiro atoms. The van der Waals surface area contributed by atoms with Gasteiger partial charge >= 0.3 is 0 Å². The lowest BCUT2D eigenvalue weighted by Gasteiger charge is -2.06. The molecular weight excluding hydrogens is 468 g/mol. The fraction of sp³-hybridized carbons (Fsp3) is 0.0400. The number of benzene rings is 3. The van der Waals surface area contributed by atoms with Crippen LogP contribution in [0.25, 0.3) is 27.4 Å². The third-order valence-corrected chi connectivity index (χ3v) is 7.09. The number of nitrogens with zero attached hydrogens (tertiary/aromatic N) is 2. The Morgan fingerprint density at radius 1 is 0.912 bits per heavy atom. The molecule has 0 bridgehead atoms. The van der Waals surface area contributed by atoms with Crippen molar-refractivity contribution < 1.29 is 14.0 Å². The first-order valence-electron chi connectivity index (χ1n) is 10.4. The Hall–Kier alpha value is -3.95. The lowest BCUT2D eigenvalue weighted by atomic mass is 10.1. The molecule has 3 aromatic carbocycles. The minimum absolute atomic E-state index is 0.307. The summed E-state index contributed by atoms with van der Waals surface area (Å²) in [5, 5.41) is 0. The van der Waals surface area contributed by atoms with Crippen LogP contribution in [0.1, 0.15) is 21.8 Å². The van der Waals surface area contributed by atoms with Gasteiger partial charge in [0.05, 0.1) is 10.2 Å². The Morgan fingerprint density at radius 2 is 1.68 bits per heavy atom. The quantitative estimate of drug-likeness (QED) is 0.194. The Morgan fingerprint density at radius 3 is 2.47 bits per heavy atom. The fourth-order valence-electron chi connectivity index (χ4n) is 3.15. The molecule has 168 valence electrons. The first-order chi connectivity index (χ1) is 16.6. The maximum absolute atomic E-state index is 12.3. The molecule has 0 aliphatic carbocycles. The van der Waals surface area contributed by atoms with E-state index in [1.807, 2.05) is 48.5 Å². The monoisotopic (exact) mass is 486 g/mol. The normalized spacial score (nSPS) is 11.3. The molecule has 0 aliphatic rings. The zero-order valence-electron chi connectivity index (χ0n) is 17.7. The molecule has 0 saturated carbocycles. The summed E-state index contributed by atoms with van der Waals surface area (Å²) in [5.74, 6) is 0.148. The Labute approximate surface area is 202 Å².